The molecular formula is C11H12O4. The molecule has 0 heterocycles. The van der Waals surface area contributed by atoms with Crippen molar-refractivity contribution in [3.05, 3.63) is 48.6 Å². The number of carbonyl (C=O) groups is 1. The summed E-state index contributed by atoms with van der Waals surface area (Å²) in [5.74, 6) is -1.44. The molecule has 4 nitrogen and oxygen atoms in total. The van der Waals surface area contributed by atoms with Gasteiger partial charge in [0, 0.05) is 12.7 Å². The van der Waals surface area contributed by atoms with Crippen LogP contribution < -0.4 is 0 Å². The highest BCUT2D eigenvalue weighted by molar-refractivity contribution is 5.58. The Hall–Kier alpha value is -1.81. The Labute approximate surface area is 87.7 Å². The van der Waals surface area contributed by atoms with Gasteiger partial charge in [-0.05, 0) is 6.08 Å². The van der Waals surface area contributed by atoms with Gasteiger partial charge in [-0.15, -0.1) is 0 Å². The molecule has 1 aromatic carbocycles. The van der Waals surface area contributed by atoms with Crippen molar-refractivity contribution in [2.45, 2.75) is 5.79 Å². The largest absolute Gasteiger partial charge is 0.508 e. The summed E-state index contributed by atoms with van der Waals surface area (Å²) in [6.07, 6.45) is -0.114. The first-order valence-electron chi connectivity index (χ1n) is 4.31. The molecule has 1 aromatic rings. The van der Waals surface area contributed by atoms with Crippen molar-refractivity contribution >= 4 is 6.16 Å². The minimum Gasteiger partial charge on any atom is -0.450 e. The fourth-order valence-corrected chi connectivity index (χ4v) is 1.26. The summed E-state index contributed by atoms with van der Waals surface area (Å²) in [7, 11) is 1.36. The molecule has 1 rings (SSSR count). The SMILES string of the molecule is C=CC(OC)(OC(=O)O)c1ccccc1. The second-order valence-electron chi connectivity index (χ2n) is 2.81. The van der Waals surface area contributed by atoms with E-state index in [1.54, 1.807) is 24.3 Å². The summed E-state index contributed by atoms with van der Waals surface area (Å²) < 4.78 is 9.76. The van der Waals surface area contributed by atoms with Crippen LogP contribution in [0.2, 0.25) is 0 Å². The molecule has 1 atom stereocenters. The van der Waals surface area contributed by atoms with Crippen molar-refractivity contribution in [1.82, 2.24) is 0 Å². The summed E-state index contributed by atoms with van der Waals surface area (Å²) in [6.45, 7) is 3.52. The minimum absolute atomic E-state index is 0.574. The standard InChI is InChI=1S/C11H12O4/c1-3-11(14-2,15-10(12)13)9-7-5-4-6-8-9/h3-8H,1H2,2H3,(H,12,13). The second-order valence-corrected chi connectivity index (χ2v) is 2.81. The first-order chi connectivity index (χ1) is 7.14. The van der Waals surface area contributed by atoms with Crippen LogP contribution in [0.25, 0.3) is 0 Å². The number of hydrogen-bond donors (Lipinski definition) is 1. The fraction of sp³-hybridized carbons (Fsp3) is 0.182. The van der Waals surface area contributed by atoms with Gasteiger partial charge < -0.3 is 14.6 Å². The Kier molecular flexibility index (Phi) is 3.46. The van der Waals surface area contributed by atoms with Crippen LogP contribution in [0.4, 0.5) is 4.79 Å². The maximum Gasteiger partial charge on any atom is 0.508 e. The molecule has 0 aromatic heterocycles. The first kappa shape index (κ1) is 11.3. The quantitative estimate of drug-likeness (QED) is 0.469. The number of methoxy groups -OCH3 is 1. The van der Waals surface area contributed by atoms with Gasteiger partial charge >= 0.3 is 6.16 Å². The molecule has 0 aliphatic heterocycles. The molecule has 0 saturated carbocycles. The lowest BCUT2D eigenvalue weighted by Crippen LogP contribution is -2.31. The number of ether oxygens (including phenoxy) is 2. The molecule has 0 aliphatic carbocycles. The molecule has 0 radical (unpaired) electrons. The molecule has 15 heavy (non-hydrogen) atoms. The van der Waals surface area contributed by atoms with Crippen LogP contribution in [0.1, 0.15) is 5.56 Å². The Morgan fingerprint density at radius 3 is 2.47 bits per heavy atom. The lowest BCUT2D eigenvalue weighted by molar-refractivity contribution is -0.166. The van der Waals surface area contributed by atoms with Gasteiger partial charge in [0.15, 0.2) is 0 Å². The van der Waals surface area contributed by atoms with Crippen LogP contribution in [0.5, 0.6) is 0 Å². The van der Waals surface area contributed by atoms with Crippen molar-refractivity contribution < 1.29 is 19.4 Å². The van der Waals surface area contributed by atoms with E-state index in [0.29, 0.717) is 5.56 Å². The number of carboxylic acid groups (broad SMARTS) is 1. The van der Waals surface area contributed by atoms with Gasteiger partial charge in [-0.1, -0.05) is 36.9 Å². The Bertz CT molecular complexity index is 347. The maximum atomic E-state index is 10.6. The molecule has 0 fully saturated rings. The van der Waals surface area contributed by atoms with E-state index in [1.807, 2.05) is 6.07 Å². The topological polar surface area (TPSA) is 55.8 Å². The van der Waals surface area contributed by atoms with Crippen LogP contribution in [0.15, 0.2) is 43.0 Å². The zero-order chi connectivity index (χ0) is 11.3. The van der Waals surface area contributed by atoms with Crippen LogP contribution in [-0.4, -0.2) is 18.4 Å². The monoisotopic (exact) mass is 208 g/mol. The Balaban J connectivity index is 3.11. The molecule has 1 N–H and O–H groups in total. The molecule has 0 aliphatic rings. The molecule has 80 valence electrons. The van der Waals surface area contributed by atoms with Crippen LogP contribution in [0.3, 0.4) is 0 Å². The zero-order valence-electron chi connectivity index (χ0n) is 8.34. The van der Waals surface area contributed by atoms with Crippen molar-refractivity contribution in [2.75, 3.05) is 7.11 Å². The van der Waals surface area contributed by atoms with Crippen molar-refractivity contribution in [3.8, 4) is 0 Å². The fourth-order valence-electron chi connectivity index (χ4n) is 1.26. The van der Waals surface area contributed by atoms with Gasteiger partial charge in [0.05, 0.1) is 0 Å². The average molecular weight is 208 g/mol. The average Bonchev–Trinajstić information content (AvgIpc) is 2.27. The van der Waals surface area contributed by atoms with Gasteiger partial charge in [-0.25, -0.2) is 4.79 Å². The van der Waals surface area contributed by atoms with E-state index in [9.17, 15) is 4.79 Å². The third kappa shape index (κ3) is 2.35. The molecule has 0 amide bonds. The Morgan fingerprint density at radius 2 is 2.07 bits per heavy atom. The van der Waals surface area contributed by atoms with E-state index >= 15 is 0 Å². The molecule has 0 spiro atoms. The highest BCUT2D eigenvalue weighted by Gasteiger charge is 2.33. The number of rotatable bonds is 4. The summed E-state index contributed by atoms with van der Waals surface area (Å²) in [5.41, 5.74) is 0.574. The minimum atomic E-state index is -1.44. The van der Waals surface area contributed by atoms with Crippen LogP contribution >= 0.6 is 0 Å². The maximum absolute atomic E-state index is 10.6. The molecule has 1 unspecified atom stereocenters. The molecule has 0 bridgehead atoms. The van der Waals surface area contributed by atoms with Crippen LogP contribution in [0, 0.1) is 0 Å². The smallest absolute Gasteiger partial charge is 0.450 e. The van der Waals surface area contributed by atoms with Gasteiger partial charge in [-0.2, -0.15) is 0 Å². The van der Waals surface area contributed by atoms with Gasteiger partial charge in [0.2, 0.25) is 0 Å². The zero-order valence-corrected chi connectivity index (χ0v) is 8.34. The summed E-state index contributed by atoms with van der Waals surface area (Å²) in [6, 6.07) is 8.74. The van der Waals surface area contributed by atoms with E-state index in [1.165, 1.54) is 13.2 Å². The van der Waals surface area contributed by atoms with Gasteiger partial charge in [-0.3, -0.25) is 0 Å². The van der Waals surface area contributed by atoms with Gasteiger partial charge in [0.25, 0.3) is 5.79 Å². The third-order valence-corrected chi connectivity index (χ3v) is 1.99. The molecule has 4 heteroatoms. The second kappa shape index (κ2) is 4.61. The lowest BCUT2D eigenvalue weighted by atomic mass is 10.1. The number of benzene rings is 1. The first-order valence-corrected chi connectivity index (χ1v) is 4.31. The predicted molar refractivity (Wildman–Crippen MR) is 54.4 cm³/mol. The van der Waals surface area contributed by atoms with E-state index in [2.05, 4.69) is 6.58 Å². The van der Waals surface area contributed by atoms with E-state index in [0.717, 1.165) is 0 Å². The summed E-state index contributed by atoms with van der Waals surface area (Å²) >= 11 is 0. The third-order valence-electron chi connectivity index (χ3n) is 1.99. The van der Waals surface area contributed by atoms with Crippen LogP contribution in [-0.2, 0) is 15.3 Å². The van der Waals surface area contributed by atoms with Gasteiger partial charge in [0.1, 0.15) is 0 Å². The van der Waals surface area contributed by atoms with Crippen molar-refractivity contribution in [2.24, 2.45) is 0 Å². The summed E-state index contributed by atoms with van der Waals surface area (Å²) in [5, 5.41) is 8.62. The lowest BCUT2D eigenvalue weighted by Gasteiger charge is -2.27. The molecule has 0 saturated heterocycles. The summed E-state index contributed by atoms with van der Waals surface area (Å²) in [4.78, 5) is 10.6. The highest BCUT2D eigenvalue weighted by atomic mass is 16.8. The molecular weight excluding hydrogens is 196 g/mol. The predicted octanol–water partition coefficient (Wildman–Crippen LogP) is 2.37. The van der Waals surface area contributed by atoms with Crippen molar-refractivity contribution in [3.63, 3.8) is 0 Å². The van der Waals surface area contributed by atoms with E-state index in [-0.39, 0.29) is 0 Å². The van der Waals surface area contributed by atoms with E-state index < -0.39 is 11.9 Å². The number of hydrogen-bond acceptors (Lipinski definition) is 3. The Morgan fingerprint density at radius 1 is 1.47 bits per heavy atom. The normalized spacial score (nSPS) is 13.9. The van der Waals surface area contributed by atoms with Crippen molar-refractivity contribution in [1.29, 1.82) is 0 Å². The highest BCUT2D eigenvalue weighted by Crippen LogP contribution is 2.27. The van der Waals surface area contributed by atoms with E-state index in [4.69, 9.17) is 14.6 Å².